The van der Waals surface area contributed by atoms with Gasteiger partial charge < -0.3 is 14.6 Å². The summed E-state index contributed by atoms with van der Waals surface area (Å²) in [6.07, 6.45) is 102. The van der Waals surface area contributed by atoms with Crippen molar-refractivity contribution in [1.29, 1.82) is 0 Å². The number of hydrogen-bond acceptors (Lipinski definition) is 5. The van der Waals surface area contributed by atoms with E-state index in [0.717, 1.165) is 109 Å². The molecule has 458 valence electrons. The number of aliphatic hydroxyl groups excluding tert-OH is 1. The van der Waals surface area contributed by atoms with Crippen molar-refractivity contribution in [3.8, 4) is 0 Å². The van der Waals surface area contributed by atoms with E-state index in [4.69, 9.17) is 9.47 Å². The fourth-order valence-corrected chi connectivity index (χ4v) is 9.73. The van der Waals surface area contributed by atoms with Crippen LogP contribution in [0.5, 0.6) is 0 Å². The minimum absolute atomic E-state index is 0.0715. The van der Waals surface area contributed by atoms with Crippen LogP contribution in [0, 0.1) is 0 Å². The van der Waals surface area contributed by atoms with Crippen LogP contribution in [0.15, 0.2) is 122 Å². The highest BCUT2D eigenvalue weighted by atomic mass is 16.6. The lowest BCUT2D eigenvalue weighted by molar-refractivity contribution is -0.161. The van der Waals surface area contributed by atoms with E-state index in [9.17, 15) is 14.7 Å². The molecule has 0 aliphatic heterocycles. The summed E-state index contributed by atoms with van der Waals surface area (Å²) in [4.78, 5) is 24.6. The summed E-state index contributed by atoms with van der Waals surface area (Å²) in [5, 5.41) is 9.69. The Bertz CT molecular complexity index is 1590. The largest absolute Gasteiger partial charge is 0.462 e. The van der Waals surface area contributed by atoms with Crippen LogP contribution < -0.4 is 0 Å². The topological polar surface area (TPSA) is 72.8 Å². The predicted octanol–water partition coefficient (Wildman–Crippen LogP) is 23.8. The zero-order valence-electron chi connectivity index (χ0n) is 52.6. The second-order valence-corrected chi connectivity index (χ2v) is 22.5. The summed E-state index contributed by atoms with van der Waals surface area (Å²) < 4.78 is 10.7. The standard InChI is InChI=1S/C75H128O5/c1-3-5-7-9-11-13-15-17-19-21-23-25-27-29-31-32-33-34-35-36-37-38-39-40-41-42-44-45-47-49-51-53-55-57-59-61-63-65-67-69-74(77)79-72-73(71-76)80-75(78)70-68-66-64-62-60-58-56-54-52-50-48-46-43-30-28-26-24-22-20-18-16-14-12-10-8-6-4-2/h5-8,11-14,17-20,23-26,30,43,48,50,73,76H,3-4,9-10,15-16,21-22,27-29,31-42,44-47,49,51-72H2,1-2H3/b7-5-,8-6-,13-11-,14-12-,19-17-,20-18-,25-23-,26-24-,43-30-,50-48-. The van der Waals surface area contributed by atoms with Gasteiger partial charge in [0, 0.05) is 12.8 Å². The Labute approximate surface area is 496 Å². The van der Waals surface area contributed by atoms with Crippen molar-refractivity contribution >= 4 is 11.9 Å². The van der Waals surface area contributed by atoms with Gasteiger partial charge in [-0.05, 0) is 103 Å². The van der Waals surface area contributed by atoms with E-state index in [2.05, 4.69) is 135 Å². The Morgan fingerprint density at radius 1 is 0.287 bits per heavy atom. The van der Waals surface area contributed by atoms with Gasteiger partial charge in [-0.3, -0.25) is 9.59 Å². The zero-order valence-corrected chi connectivity index (χ0v) is 52.6. The van der Waals surface area contributed by atoms with Crippen molar-refractivity contribution in [3.05, 3.63) is 122 Å². The van der Waals surface area contributed by atoms with Gasteiger partial charge in [0.25, 0.3) is 0 Å². The Balaban J connectivity index is 3.45. The predicted molar refractivity (Wildman–Crippen MR) is 352 cm³/mol. The summed E-state index contributed by atoms with van der Waals surface area (Å²) in [6, 6.07) is 0. The normalized spacial score (nSPS) is 13.0. The zero-order chi connectivity index (χ0) is 57.6. The minimum Gasteiger partial charge on any atom is -0.462 e. The third kappa shape index (κ3) is 66.8. The van der Waals surface area contributed by atoms with E-state index in [0.29, 0.717) is 12.8 Å². The van der Waals surface area contributed by atoms with E-state index < -0.39 is 6.10 Å². The third-order valence-corrected chi connectivity index (χ3v) is 14.8. The van der Waals surface area contributed by atoms with E-state index in [-0.39, 0.29) is 25.2 Å². The van der Waals surface area contributed by atoms with E-state index >= 15 is 0 Å². The maximum atomic E-state index is 12.3. The summed E-state index contributed by atoms with van der Waals surface area (Å²) in [5.41, 5.74) is 0. The molecular formula is C75H128O5. The third-order valence-electron chi connectivity index (χ3n) is 14.8. The lowest BCUT2D eigenvalue weighted by Gasteiger charge is -2.15. The number of aliphatic hydroxyl groups is 1. The summed E-state index contributed by atoms with van der Waals surface area (Å²) in [5.74, 6) is -0.593. The molecule has 0 fully saturated rings. The van der Waals surface area contributed by atoms with Crippen LogP contribution in [0.1, 0.15) is 322 Å². The number of ether oxygens (including phenoxy) is 2. The molecule has 1 atom stereocenters. The van der Waals surface area contributed by atoms with Crippen LogP contribution >= 0.6 is 0 Å². The Hall–Kier alpha value is -3.70. The Morgan fingerprint density at radius 2 is 0.500 bits per heavy atom. The van der Waals surface area contributed by atoms with Crippen LogP contribution in [-0.4, -0.2) is 36.4 Å². The molecule has 0 amide bonds. The first-order valence-electron chi connectivity index (χ1n) is 34.1. The van der Waals surface area contributed by atoms with Gasteiger partial charge in [0.05, 0.1) is 6.61 Å². The number of unbranched alkanes of at least 4 members (excludes halogenated alkanes) is 34. The van der Waals surface area contributed by atoms with Crippen molar-refractivity contribution in [2.75, 3.05) is 13.2 Å². The quantitative estimate of drug-likeness (QED) is 0.0373. The first kappa shape index (κ1) is 76.3. The SMILES string of the molecule is CC/C=C\C/C=C\C/C=C\C/C=C\C/C=C\C/C=C\CCCCCCCCCCC(=O)OC(CO)COC(=O)CCCCCCCCCCCCCCCCCCCCCCCCCCCC/C=C\C/C=C\C/C=C\C/C=C\CC. The number of carbonyl (C=O) groups is 2. The van der Waals surface area contributed by atoms with Gasteiger partial charge in [-0.1, -0.05) is 328 Å². The molecule has 0 aliphatic carbocycles. The van der Waals surface area contributed by atoms with Gasteiger partial charge in [0.15, 0.2) is 6.10 Å². The molecule has 0 rings (SSSR count). The number of carbonyl (C=O) groups excluding carboxylic acids is 2. The molecule has 1 unspecified atom stereocenters. The van der Waals surface area contributed by atoms with Gasteiger partial charge in [-0.15, -0.1) is 0 Å². The van der Waals surface area contributed by atoms with Gasteiger partial charge >= 0.3 is 11.9 Å². The van der Waals surface area contributed by atoms with Crippen LogP contribution in [0.2, 0.25) is 0 Å². The summed E-state index contributed by atoms with van der Waals surface area (Å²) in [6.45, 7) is 3.93. The van der Waals surface area contributed by atoms with Gasteiger partial charge in [0.2, 0.25) is 0 Å². The smallest absolute Gasteiger partial charge is 0.306 e. The van der Waals surface area contributed by atoms with Crippen molar-refractivity contribution in [2.45, 2.75) is 328 Å². The van der Waals surface area contributed by atoms with Crippen molar-refractivity contribution < 1.29 is 24.2 Å². The van der Waals surface area contributed by atoms with Crippen LogP contribution in [0.4, 0.5) is 0 Å². The van der Waals surface area contributed by atoms with Gasteiger partial charge in [-0.25, -0.2) is 0 Å². The minimum atomic E-state index is -0.783. The van der Waals surface area contributed by atoms with Gasteiger partial charge in [-0.2, -0.15) is 0 Å². The maximum absolute atomic E-state index is 12.3. The lowest BCUT2D eigenvalue weighted by Crippen LogP contribution is -2.28. The number of esters is 2. The number of rotatable bonds is 62. The van der Waals surface area contributed by atoms with E-state index in [1.165, 1.54) is 186 Å². The molecule has 0 saturated heterocycles. The lowest BCUT2D eigenvalue weighted by atomic mass is 10.0. The van der Waals surface area contributed by atoms with E-state index in [1.807, 2.05) is 0 Å². The summed E-state index contributed by atoms with van der Waals surface area (Å²) >= 11 is 0. The molecule has 0 aromatic heterocycles. The molecule has 80 heavy (non-hydrogen) atoms. The Kier molecular flexibility index (Phi) is 66.4. The molecule has 0 aromatic rings. The molecule has 5 heteroatoms. The monoisotopic (exact) mass is 1110 g/mol. The summed E-state index contributed by atoms with van der Waals surface area (Å²) in [7, 11) is 0. The van der Waals surface area contributed by atoms with Crippen LogP contribution in [0.3, 0.4) is 0 Å². The fourth-order valence-electron chi connectivity index (χ4n) is 9.73. The highest BCUT2D eigenvalue weighted by Gasteiger charge is 2.16. The molecule has 0 radical (unpaired) electrons. The first-order valence-corrected chi connectivity index (χ1v) is 34.1. The molecular weight excluding hydrogens is 981 g/mol. The second-order valence-electron chi connectivity index (χ2n) is 22.5. The number of allylic oxidation sites excluding steroid dienone is 20. The highest BCUT2D eigenvalue weighted by Crippen LogP contribution is 2.18. The second kappa shape index (κ2) is 69.6. The molecule has 0 heterocycles. The molecule has 1 N–H and O–H groups in total. The molecule has 0 aliphatic rings. The average molecular weight is 1110 g/mol. The van der Waals surface area contributed by atoms with Crippen molar-refractivity contribution in [1.82, 2.24) is 0 Å². The molecule has 0 saturated carbocycles. The van der Waals surface area contributed by atoms with Crippen LogP contribution in [0.25, 0.3) is 0 Å². The number of hydrogen-bond donors (Lipinski definition) is 1. The van der Waals surface area contributed by atoms with Crippen molar-refractivity contribution in [3.63, 3.8) is 0 Å². The molecule has 5 nitrogen and oxygen atoms in total. The fraction of sp³-hybridized carbons (Fsp3) is 0.707. The molecule has 0 spiro atoms. The molecule has 0 bridgehead atoms. The first-order chi connectivity index (χ1) is 39.6. The van der Waals surface area contributed by atoms with Crippen LogP contribution in [-0.2, 0) is 19.1 Å². The van der Waals surface area contributed by atoms with Gasteiger partial charge in [0.1, 0.15) is 6.61 Å². The van der Waals surface area contributed by atoms with E-state index in [1.54, 1.807) is 0 Å². The molecule has 0 aromatic carbocycles. The van der Waals surface area contributed by atoms with Crippen molar-refractivity contribution in [2.24, 2.45) is 0 Å². The Morgan fingerprint density at radius 3 is 0.750 bits per heavy atom. The maximum Gasteiger partial charge on any atom is 0.306 e. The average Bonchev–Trinajstić information content (AvgIpc) is 3.46. The highest BCUT2D eigenvalue weighted by molar-refractivity contribution is 5.70.